The number of carbonyl (C=O) groups is 2. The minimum absolute atomic E-state index is 0.276. The van der Waals surface area contributed by atoms with Gasteiger partial charge in [-0.15, -0.1) is 11.8 Å². The number of carbonyl (C=O) groups excluding carboxylic acids is 2. The molecule has 90 valence electrons. The Balaban J connectivity index is 2.06. The van der Waals surface area contributed by atoms with Crippen molar-refractivity contribution in [3.63, 3.8) is 0 Å². The van der Waals surface area contributed by atoms with Crippen molar-refractivity contribution in [1.29, 1.82) is 0 Å². The molecule has 4 nitrogen and oxygen atoms in total. The summed E-state index contributed by atoms with van der Waals surface area (Å²) >= 11 is 4.97. The molecule has 1 heterocycles. The largest absolute Gasteiger partial charge is 0.323 e. The summed E-state index contributed by atoms with van der Waals surface area (Å²) in [5, 5.41) is 4.88. The normalized spacial score (nSPS) is 23.4. The highest BCUT2D eigenvalue weighted by molar-refractivity contribution is 9.10. The van der Waals surface area contributed by atoms with Gasteiger partial charge in [-0.05, 0) is 35.0 Å². The van der Waals surface area contributed by atoms with E-state index < -0.39 is 11.6 Å². The maximum absolute atomic E-state index is 11.6. The Morgan fingerprint density at radius 3 is 2.65 bits per heavy atom. The lowest BCUT2D eigenvalue weighted by molar-refractivity contribution is -0.122. The van der Waals surface area contributed by atoms with Crippen LogP contribution in [0.2, 0.25) is 0 Å². The second-order valence-corrected chi connectivity index (χ2v) is 5.83. The molecule has 0 radical (unpaired) electrons. The molecule has 1 atom stereocenters. The summed E-state index contributed by atoms with van der Waals surface area (Å²) in [5.74, 6) is 0.217. The molecule has 1 saturated heterocycles. The summed E-state index contributed by atoms with van der Waals surface area (Å²) in [6.45, 7) is 1.72. The first-order valence-corrected chi connectivity index (χ1v) is 6.80. The van der Waals surface area contributed by atoms with Gasteiger partial charge in [0, 0.05) is 15.1 Å². The number of imide groups is 1. The van der Waals surface area contributed by atoms with Crippen LogP contribution in [-0.4, -0.2) is 23.2 Å². The summed E-state index contributed by atoms with van der Waals surface area (Å²) in [4.78, 5) is 23.7. The van der Waals surface area contributed by atoms with Crippen molar-refractivity contribution in [1.82, 2.24) is 10.6 Å². The van der Waals surface area contributed by atoms with E-state index in [0.717, 1.165) is 9.37 Å². The molecule has 1 aliphatic rings. The highest BCUT2D eigenvalue weighted by atomic mass is 79.9. The maximum atomic E-state index is 11.6. The number of halogens is 1. The van der Waals surface area contributed by atoms with Crippen molar-refractivity contribution in [3.8, 4) is 0 Å². The third kappa shape index (κ3) is 2.63. The van der Waals surface area contributed by atoms with Gasteiger partial charge in [0.25, 0.3) is 5.91 Å². The molecule has 0 aromatic heterocycles. The predicted molar refractivity (Wildman–Crippen MR) is 69.9 cm³/mol. The summed E-state index contributed by atoms with van der Waals surface area (Å²) < 4.78 is 0.985. The third-order valence-corrected chi connectivity index (χ3v) is 4.81. The minimum Gasteiger partial charge on any atom is -0.323 e. The zero-order chi connectivity index (χ0) is 12.5. The molecule has 17 heavy (non-hydrogen) atoms. The highest BCUT2D eigenvalue weighted by Gasteiger charge is 2.41. The molecule has 3 amide bonds. The molecule has 1 aromatic carbocycles. The van der Waals surface area contributed by atoms with Gasteiger partial charge in [0.1, 0.15) is 5.54 Å². The number of thioether (sulfide) groups is 1. The predicted octanol–water partition coefficient (Wildman–Crippen LogP) is 2.14. The number of rotatable bonds is 3. The van der Waals surface area contributed by atoms with E-state index in [-0.39, 0.29) is 5.91 Å². The molecule has 1 aromatic rings. The summed E-state index contributed by atoms with van der Waals surface area (Å²) in [6, 6.07) is 7.35. The summed E-state index contributed by atoms with van der Waals surface area (Å²) in [6.07, 6.45) is 0. The lowest BCUT2D eigenvalue weighted by Crippen LogP contribution is -2.46. The molecule has 2 N–H and O–H groups in total. The Kier molecular flexibility index (Phi) is 3.44. The van der Waals surface area contributed by atoms with Gasteiger partial charge in [-0.2, -0.15) is 0 Å². The number of urea groups is 1. The number of hydrogen-bond donors (Lipinski definition) is 2. The second-order valence-electron chi connectivity index (χ2n) is 3.96. The van der Waals surface area contributed by atoms with Gasteiger partial charge in [-0.3, -0.25) is 10.1 Å². The topological polar surface area (TPSA) is 58.2 Å². The van der Waals surface area contributed by atoms with Crippen LogP contribution in [0.3, 0.4) is 0 Å². The van der Waals surface area contributed by atoms with Crippen molar-refractivity contribution in [2.45, 2.75) is 17.4 Å². The Hall–Kier alpha value is -1.01. The fraction of sp³-hybridized carbons (Fsp3) is 0.273. The first-order chi connectivity index (χ1) is 8.01. The molecule has 1 aliphatic heterocycles. The third-order valence-electron chi connectivity index (χ3n) is 2.47. The Bertz CT molecular complexity index is 480. The molecule has 1 fully saturated rings. The number of amides is 3. The molecule has 0 bridgehead atoms. The average molecular weight is 315 g/mol. The zero-order valence-corrected chi connectivity index (χ0v) is 11.5. The van der Waals surface area contributed by atoms with Gasteiger partial charge in [-0.25, -0.2) is 4.79 Å². The standard InChI is InChI=1S/C11H11BrN2O2S/c1-11(9(15)13-10(16)14-11)6-17-8-5-3-2-4-7(8)12/h2-5H,6H2,1H3,(H2,13,14,15,16). The molecule has 0 saturated carbocycles. The van der Waals surface area contributed by atoms with E-state index >= 15 is 0 Å². The van der Waals surface area contributed by atoms with Crippen molar-refractivity contribution in [3.05, 3.63) is 28.7 Å². The van der Waals surface area contributed by atoms with Gasteiger partial charge in [0.15, 0.2) is 0 Å². The molecule has 6 heteroatoms. The van der Waals surface area contributed by atoms with Crippen LogP contribution in [0, 0.1) is 0 Å². The molecule has 0 aliphatic carbocycles. The van der Waals surface area contributed by atoms with E-state index in [1.54, 1.807) is 6.92 Å². The van der Waals surface area contributed by atoms with Gasteiger partial charge in [0.2, 0.25) is 0 Å². The van der Waals surface area contributed by atoms with Crippen LogP contribution in [0.25, 0.3) is 0 Å². The van der Waals surface area contributed by atoms with Crippen LogP contribution in [-0.2, 0) is 4.79 Å². The highest BCUT2D eigenvalue weighted by Crippen LogP contribution is 2.30. The lowest BCUT2D eigenvalue weighted by atomic mass is 10.1. The van der Waals surface area contributed by atoms with E-state index in [9.17, 15) is 9.59 Å². The van der Waals surface area contributed by atoms with Crippen molar-refractivity contribution in [2.24, 2.45) is 0 Å². The average Bonchev–Trinajstić information content (AvgIpc) is 2.52. The fourth-order valence-corrected chi connectivity index (χ4v) is 3.12. The van der Waals surface area contributed by atoms with E-state index in [4.69, 9.17) is 0 Å². The molecule has 0 spiro atoms. The smallest absolute Gasteiger partial charge is 0.322 e. The van der Waals surface area contributed by atoms with Crippen molar-refractivity contribution in [2.75, 3.05) is 5.75 Å². The fourth-order valence-electron chi connectivity index (χ4n) is 1.47. The molecular formula is C11H11BrN2O2S. The van der Waals surface area contributed by atoms with Gasteiger partial charge >= 0.3 is 6.03 Å². The zero-order valence-electron chi connectivity index (χ0n) is 9.12. The van der Waals surface area contributed by atoms with Crippen molar-refractivity contribution >= 4 is 39.6 Å². The number of nitrogens with one attached hydrogen (secondary N) is 2. The van der Waals surface area contributed by atoms with Crippen LogP contribution in [0.5, 0.6) is 0 Å². The Labute approximate surface area is 112 Å². The van der Waals surface area contributed by atoms with Crippen LogP contribution in [0.15, 0.2) is 33.6 Å². The van der Waals surface area contributed by atoms with E-state index in [0.29, 0.717) is 5.75 Å². The van der Waals surface area contributed by atoms with E-state index in [1.165, 1.54) is 11.8 Å². The second kappa shape index (κ2) is 4.70. The van der Waals surface area contributed by atoms with Gasteiger partial charge in [0.05, 0.1) is 0 Å². The molecule has 2 rings (SSSR count). The van der Waals surface area contributed by atoms with Crippen LogP contribution in [0.4, 0.5) is 4.79 Å². The molecule has 1 unspecified atom stereocenters. The summed E-state index contributed by atoms with van der Waals surface area (Å²) in [7, 11) is 0. The Morgan fingerprint density at radius 1 is 1.35 bits per heavy atom. The number of benzene rings is 1. The van der Waals surface area contributed by atoms with Crippen molar-refractivity contribution < 1.29 is 9.59 Å². The summed E-state index contributed by atoms with van der Waals surface area (Å²) in [5.41, 5.74) is -0.836. The van der Waals surface area contributed by atoms with Gasteiger partial charge in [-0.1, -0.05) is 12.1 Å². The monoisotopic (exact) mass is 314 g/mol. The Morgan fingerprint density at radius 2 is 2.06 bits per heavy atom. The number of hydrogen-bond acceptors (Lipinski definition) is 3. The maximum Gasteiger partial charge on any atom is 0.322 e. The molecular weight excluding hydrogens is 304 g/mol. The van der Waals surface area contributed by atoms with E-state index in [1.807, 2.05) is 24.3 Å². The quantitative estimate of drug-likeness (QED) is 0.664. The van der Waals surface area contributed by atoms with E-state index in [2.05, 4.69) is 26.6 Å². The first kappa shape index (κ1) is 12.4. The van der Waals surface area contributed by atoms with Crippen LogP contribution < -0.4 is 10.6 Å². The SMILES string of the molecule is CC1(CSc2ccccc2Br)NC(=O)NC1=O. The lowest BCUT2D eigenvalue weighted by Gasteiger charge is -2.19. The van der Waals surface area contributed by atoms with Crippen LogP contribution >= 0.6 is 27.7 Å². The van der Waals surface area contributed by atoms with Gasteiger partial charge < -0.3 is 5.32 Å². The first-order valence-electron chi connectivity index (χ1n) is 5.02. The van der Waals surface area contributed by atoms with Crippen LogP contribution in [0.1, 0.15) is 6.92 Å². The minimum atomic E-state index is -0.836.